The molecule has 0 spiro atoms. The SMILES string of the molecule is CN1CCN(Cc2cccc(NC(=O)c3n[nH]c4ccc(-c5cncc(CN6CCCCC6)c5)cc34)c2)CC1. The monoisotopic (exact) mass is 523 g/mol. The van der Waals surface area contributed by atoms with Gasteiger partial charge in [-0.15, -0.1) is 0 Å². The van der Waals surface area contributed by atoms with Gasteiger partial charge in [0, 0.05) is 68.3 Å². The van der Waals surface area contributed by atoms with E-state index in [-0.39, 0.29) is 5.91 Å². The summed E-state index contributed by atoms with van der Waals surface area (Å²) in [7, 11) is 2.17. The minimum Gasteiger partial charge on any atom is -0.321 e. The first kappa shape index (κ1) is 25.7. The van der Waals surface area contributed by atoms with Gasteiger partial charge in [-0.25, -0.2) is 0 Å². The lowest BCUT2D eigenvalue weighted by molar-refractivity contribution is 0.102. The summed E-state index contributed by atoms with van der Waals surface area (Å²) < 4.78 is 0. The van der Waals surface area contributed by atoms with Gasteiger partial charge < -0.3 is 10.2 Å². The number of likely N-dealkylation sites (N-methyl/N-ethyl adjacent to an activating group) is 1. The Hall–Kier alpha value is -3.59. The van der Waals surface area contributed by atoms with E-state index < -0.39 is 0 Å². The number of pyridine rings is 1. The van der Waals surface area contributed by atoms with Crippen molar-refractivity contribution in [1.29, 1.82) is 0 Å². The Morgan fingerprint density at radius 2 is 1.64 bits per heavy atom. The Labute approximate surface area is 230 Å². The van der Waals surface area contributed by atoms with Gasteiger partial charge in [0.05, 0.1) is 5.52 Å². The summed E-state index contributed by atoms with van der Waals surface area (Å²) >= 11 is 0. The first-order chi connectivity index (χ1) is 19.1. The highest BCUT2D eigenvalue weighted by Gasteiger charge is 2.18. The highest BCUT2D eigenvalue weighted by atomic mass is 16.1. The molecule has 0 saturated carbocycles. The van der Waals surface area contributed by atoms with Crippen LogP contribution in [0.5, 0.6) is 0 Å². The molecular formula is C31H37N7O. The van der Waals surface area contributed by atoms with Crippen molar-refractivity contribution in [2.75, 3.05) is 51.6 Å². The molecule has 39 heavy (non-hydrogen) atoms. The van der Waals surface area contributed by atoms with E-state index in [4.69, 9.17) is 0 Å². The average molecular weight is 524 g/mol. The standard InChI is InChI=1S/C31H37N7O/c1-36-12-14-38(15-13-36)21-23-6-5-7-27(17-23)33-31(39)30-28-18-25(8-9-29(28)34-35-30)26-16-24(19-32-20-26)22-37-10-3-2-4-11-37/h5-9,16-20H,2-4,10-15,21-22H2,1H3,(H,33,39)(H,34,35). The Morgan fingerprint density at radius 1 is 0.846 bits per heavy atom. The van der Waals surface area contributed by atoms with E-state index in [1.165, 1.54) is 30.4 Å². The number of likely N-dealkylation sites (tertiary alicyclic amines) is 1. The maximum atomic E-state index is 13.3. The molecule has 0 aliphatic carbocycles. The third-order valence-electron chi connectivity index (χ3n) is 7.95. The quantitative estimate of drug-likeness (QED) is 0.368. The molecule has 2 fully saturated rings. The predicted molar refractivity (Wildman–Crippen MR) is 156 cm³/mol. The summed E-state index contributed by atoms with van der Waals surface area (Å²) in [4.78, 5) is 25.2. The number of amides is 1. The Bertz CT molecular complexity index is 1430. The van der Waals surface area contributed by atoms with Crippen molar-refractivity contribution in [3.05, 3.63) is 77.7 Å². The number of rotatable bonds is 7. The number of piperidine rings is 1. The van der Waals surface area contributed by atoms with Crippen LogP contribution in [0.25, 0.3) is 22.0 Å². The first-order valence-electron chi connectivity index (χ1n) is 14.1. The van der Waals surface area contributed by atoms with Gasteiger partial charge in [-0.05, 0) is 80.0 Å². The van der Waals surface area contributed by atoms with E-state index in [0.717, 1.165) is 80.1 Å². The van der Waals surface area contributed by atoms with Crippen molar-refractivity contribution in [2.24, 2.45) is 0 Å². The van der Waals surface area contributed by atoms with Crippen LogP contribution in [0, 0.1) is 0 Å². The number of hydrogen-bond acceptors (Lipinski definition) is 6. The van der Waals surface area contributed by atoms with E-state index in [0.29, 0.717) is 5.69 Å². The molecule has 2 saturated heterocycles. The number of aromatic nitrogens is 3. The Kier molecular flexibility index (Phi) is 7.67. The van der Waals surface area contributed by atoms with Crippen LogP contribution in [0.3, 0.4) is 0 Å². The molecule has 2 aliphatic heterocycles. The largest absolute Gasteiger partial charge is 0.321 e. The van der Waals surface area contributed by atoms with Gasteiger partial charge in [-0.3, -0.25) is 24.7 Å². The smallest absolute Gasteiger partial charge is 0.276 e. The number of fused-ring (bicyclic) bond motifs is 1. The molecule has 0 atom stereocenters. The van der Waals surface area contributed by atoms with Gasteiger partial charge in [-0.2, -0.15) is 5.10 Å². The van der Waals surface area contributed by atoms with Gasteiger partial charge in [0.2, 0.25) is 0 Å². The normalized spacial score (nSPS) is 17.5. The highest BCUT2D eigenvalue weighted by molar-refractivity contribution is 6.11. The molecule has 8 nitrogen and oxygen atoms in total. The molecule has 0 unspecified atom stereocenters. The molecule has 4 aromatic rings. The van der Waals surface area contributed by atoms with Gasteiger partial charge in [-0.1, -0.05) is 24.6 Å². The van der Waals surface area contributed by atoms with Crippen molar-refractivity contribution in [1.82, 2.24) is 29.9 Å². The third-order valence-corrected chi connectivity index (χ3v) is 7.95. The van der Waals surface area contributed by atoms with Crippen molar-refractivity contribution in [3.8, 4) is 11.1 Å². The maximum Gasteiger partial charge on any atom is 0.276 e. The van der Waals surface area contributed by atoms with Gasteiger partial charge in [0.15, 0.2) is 5.69 Å². The molecule has 2 aromatic carbocycles. The Morgan fingerprint density at radius 3 is 2.49 bits per heavy atom. The van der Waals surface area contributed by atoms with E-state index in [9.17, 15) is 4.79 Å². The van der Waals surface area contributed by atoms with Crippen molar-refractivity contribution < 1.29 is 4.79 Å². The van der Waals surface area contributed by atoms with E-state index in [2.05, 4.69) is 66.5 Å². The number of nitrogens with one attached hydrogen (secondary N) is 2. The van der Waals surface area contributed by atoms with Crippen LogP contribution in [0.2, 0.25) is 0 Å². The molecule has 1 amide bonds. The topological polar surface area (TPSA) is 80.4 Å². The minimum atomic E-state index is -0.216. The van der Waals surface area contributed by atoms with Crippen LogP contribution in [0.1, 0.15) is 40.9 Å². The fourth-order valence-electron chi connectivity index (χ4n) is 5.68. The first-order valence-corrected chi connectivity index (χ1v) is 14.1. The molecule has 4 heterocycles. The number of carbonyl (C=O) groups is 1. The zero-order valence-electron chi connectivity index (χ0n) is 22.7. The molecule has 2 aromatic heterocycles. The van der Waals surface area contributed by atoms with Gasteiger partial charge in [0.25, 0.3) is 5.91 Å². The lowest BCUT2D eigenvalue weighted by atomic mass is 10.0. The second kappa shape index (κ2) is 11.7. The second-order valence-corrected chi connectivity index (χ2v) is 11.0. The summed E-state index contributed by atoms with van der Waals surface area (Å²) in [6.45, 7) is 8.42. The zero-order valence-corrected chi connectivity index (χ0v) is 22.7. The summed E-state index contributed by atoms with van der Waals surface area (Å²) in [5.74, 6) is -0.216. The van der Waals surface area contributed by atoms with E-state index in [1.54, 1.807) is 0 Å². The molecule has 2 N–H and O–H groups in total. The fourth-order valence-corrected chi connectivity index (χ4v) is 5.68. The highest BCUT2D eigenvalue weighted by Crippen LogP contribution is 2.27. The number of anilines is 1. The molecule has 0 radical (unpaired) electrons. The number of aromatic amines is 1. The molecule has 0 bridgehead atoms. The fraction of sp³-hybridized carbons (Fsp3) is 0.387. The number of benzene rings is 2. The van der Waals surface area contributed by atoms with Crippen LogP contribution in [-0.4, -0.2) is 82.1 Å². The number of carbonyl (C=O) groups excluding carboxylic acids is 1. The number of H-pyrrole nitrogens is 1. The molecule has 6 rings (SSSR count). The number of nitrogens with zero attached hydrogens (tertiary/aromatic N) is 5. The number of hydrogen-bond donors (Lipinski definition) is 2. The lowest BCUT2D eigenvalue weighted by Gasteiger charge is -2.32. The van der Waals surface area contributed by atoms with Crippen molar-refractivity contribution >= 4 is 22.5 Å². The summed E-state index contributed by atoms with van der Waals surface area (Å²) in [6, 6.07) is 16.4. The maximum absolute atomic E-state index is 13.3. The lowest BCUT2D eigenvalue weighted by Crippen LogP contribution is -2.43. The van der Waals surface area contributed by atoms with Crippen LogP contribution in [0.15, 0.2) is 60.9 Å². The zero-order chi connectivity index (χ0) is 26.6. The summed E-state index contributed by atoms with van der Waals surface area (Å²) in [5, 5.41) is 11.3. The summed E-state index contributed by atoms with van der Waals surface area (Å²) in [5.41, 5.74) is 6.52. The van der Waals surface area contributed by atoms with Crippen LogP contribution < -0.4 is 5.32 Å². The predicted octanol–water partition coefficient (Wildman–Crippen LogP) is 4.61. The average Bonchev–Trinajstić information content (AvgIpc) is 3.39. The molecular weight excluding hydrogens is 486 g/mol. The second-order valence-electron chi connectivity index (χ2n) is 11.0. The van der Waals surface area contributed by atoms with Gasteiger partial charge >= 0.3 is 0 Å². The molecule has 2 aliphatic rings. The molecule has 8 heteroatoms. The Balaban J connectivity index is 1.17. The van der Waals surface area contributed by atoms with Crippen molar-refractivity contribution in [3.63, 3.8) is 0 Å². The third kappa shape index (κ3) is 6.19. The van der Waals surface area contributed by atoms with Crippen LogP contribution in [-0.2, 0) is 13.1 Å². The van der Waals surface area contributed by atoms with E-state index in [1.807, 2.05) is 36.7 Å². The van der Waals surface area contributed by atoms with Crippen molar-refractivity contribution in [2.45, 2.75) is 32.4 Å². The number of piperazine rings is 1. The molecule has 202 valence electrons. The summed E-state index contributed by atoms with van der Waals surface area (Å²) in [6.07, 6.45) is 7.74. The van der Waals surface area contributed by atoms with Crippen LogP contribution >= 0.6 is 0 Å². The minimum absolute atomic E-state index is 0.216. The van der Waals surface area contributed by atoms with Crippen LogP contribution in [0.4, 0.5) is 5.69 Å². The van der Waals surface area contributed by atoms with Gasteiger partial charge in [0.1, 0.15) is 0 Å². The van der Waals surface area contributed by atoms with E-state index >= 15 is 0 Å².